The van der Waals surface area contributed by atoms with Crippen LogP contribution < -0.4 is 5.32 Å². The monoisotopic (exact) mass is 329 g/mol. The van der Waals surface area contributed by atoms with Crippen LogP contribution in [0.15, 0.2) is 28.7 Å². The fourth-order valence-corrected chi connectivity index (χ4v) is 3.19. The second-order valence-electron chi connectivity index (χ2n) is 5.54. The number of hydrogen-bond donors (Lipinski definition) is 1. The van der Waals surface area contributed by atoms with E-state index in [1.807, 2.05) is 32.0 Å². The van der Waals surface area contributed by atoms with Gasteiger partial charge in [0.1, 0.15) is 21.2 Å². The molecule has 0 spiro atoms. The van der Waals surface area contributed by atoms with E-state index in [0.29, 0.717) is 11.4 Å². The van der Waals surface area contributed by atoms with Crippen molar-refractivity contribution < 1.29 is 12.8 Å². The molecule has 2 aromatic rings. The third kappa shape index (κ3) is 4.73. The van der Waals surface area contributed by atoms with E-state index in [9.17, 15) is 8.42 Å². The number of sulfone groups is 1. The molecule has 0 amide bonds. The van der Waals surface area contributed by atoms with Crippen LogP contribution in [0.4, 0.5) is 0 Å². The lowest BCUT2D eigenvalue weighted by Gasteiger charge is -2.18. The maximum absolute atomic E-state index is 11.2. The summed E-state index contributed by atoms with van der Waals surface area (Å²) in [5.74, 6) is 1.00. The van der Waals surface area contributed by atoms with Gasteiger partial charge in [-0.2, -0.15) is 0 Å². The van der Waals surface area contributed by atoms with Gasteiger partial charge in [-0.3, -0.25) is 0 Å². The number of nitrogens with one attached hydrogen (secondary N) is 1. The first-order valence-corrected chi connectivity index (χ1v) is 9.31. The van der Waals surface area contributed by atoms with Crippen molar-refractivity contribution in [1.29, 1.82) is 0 Å². The molecule has 0 saturated heterocycles. The van der Waals surface area contributed by atoms with Crippen molar-refractivity contribution in [3.63, 3.8) is 0 Å². The van der Waals surface area contributed by atoms with E-state index in [2.05, 4.69) is 5.32 Å². The van der Waals surface area contributed by atoms with Crippen molar-refractivity contribution in [3.8, 4) is 0 Å². The van der Waals surface area contributed by atoms with Crippen molar-refractivity contribution in [1.82, 2.24) is 5.32 Å². The SMILES string of the molecule is C[C@@H](CCS(C)(=O)=O)N[C@H](C)c1cc2cc(Cl)ccc2o1. The molecule has 1 aromatic carbocycles. The zero-order chi connectivity index (χ0) is 15.6. The quantitative estimate of drug-likeness (QED) is 0.880. The van der Waals surface area contributed by atoms with E-state index in [-0.39, 0.29) is 17.8 Å². The molecule has 21 heavy (non-hydrogen) atoms. The smallest absolute Gasteiger partial charge is 0.147 e. The first-order valence-electron chi connectivity index (χ1n) is 6.87. The van der Waals surface area contributed by atoms with Crippen molar-refractivity contribution in [2.75, 3.05) is 12.0 Å². The number of hydrogen-bond acceptors (Lipinski definition) is 4. The summed E-state index contributed by atoms with van der Waals surface area (Å²) in [4.78, 5) is 0. The zero-order valence-electron chi connectivity index (χ0n) is 12.4. The first kappa shape index (κ1) is 16.3. The van der Waals surface area contributed by atoms with Crippen molar-refractivity contribution >= 4 is 32.4 Å². The summed E-state index contributed by atoms with van der Waals surface area (Å²) in [5, 5.41) is 5.00. The van der Waals surface area contributed by atoms with Gasteiger partial charge in [-0.15, -0.1) is 0 Å². The molecule has 2 rings (SSSR count). The molecule has 0 aliphatic rings. The number of rotatable bonds is 6. The summed E-state index contributed by atoms with van der Waals surface area (Å²) in [6.07, 6.45) is 1.83. The fourth-order valence-electron chi connectivity index (χ4n) is 2.23. The van der Waals surface area contributed by atoms with Crippen LogP contribution in [-0.2, 0) is 9.84 Å². The van der Waals surface area contributed by atoms with E-state index in [1.54, 1.807) is 6.07 Å². The van der Waals surface area contributed by atoms with Crippen LogP contribution in [0.3, 0.4) is 0 Å². The van der Waals surface area contributed by atoms with Crippen molar-refractivity contribution in [2.45, 2.75) is 32.4 Å². The van der Waals surface area contributed by atoms with E-state index in [1.165, 1.54) is 6.26 Å². The number of halogens is 1. The molecule has 1 heterocycles. The number of benzene rings is 1. The second-order valence-corrected chi connectivity index (χ2v) is 8.24. The lowest BCUT2D eigenvalue weighted by Crippen LogP contribution is -2.30. The Labute approximate surface area is 130 Å². The van der Waals surface area contributed by atoms with Gasteiger partial charge in [-0.25, -0.2) is 8.42 Å². The average Bonchev–Trinajstić information content (AvgIpc) is 2.78. The molecule has 6 heteroatoms. The number of fused-ring (bicyclic) bond motifs is 1. The van der Waals surface area contributed by atoms with Gasteiger partial charge < -0.3 is 9.73 Å². The average molecular weight is 330 g/mol. The van der Waals surface area contributed by atoms with Crippen LogP contribution in [0.1, 0.15) is 32.1 Å². The summed E-state index contributed by atoms with van der Waals surface area (Å²) in [6.45, 7) is 3.97. The molecule has 0 radical (unpaired) electrons. The summed E-state index contributed by atoms with van der Waals surface area (Å²) < 4.78 is 28.2. The molecule has 4 nitrogen and oxygen atoms in total. The van der Waals surface area contributed by atoms with Crippen LogP contribution in [-0.4, -0.2) is 26.5 Å². The van der Waals surface area contributed by atoms with Gasteiger partial charge >= 0.3 is 0 Å². The summed E-state index contributed by atoms with van der Waals surface area (Å²) >= 11 is 5.96. The first-order chi connectivity index (χ1) is 9.74. The van der Waals surface area contributed by atoms with E-state index >= 15 is 0 Å². The third-order valence-electron chi connectivity index (χ3n) is 3.38. The molecule has 0 saturated carbocycles. The van der Waals surface area contributed by atoms with Gasteiger partial charge in [-0.1, -0.05) is 11.6 Å². The highest BCUT2D eigenvalue weighted by Crippen LogP contribution is 2.26. The van der Waals surface area contributed by atoms with Gasteiger partial charge in [0.15, 0.2) is 0 Å². The lowest BCUT2D eigenvalue weighted by molar-refractivity contribution is 0.406. The molecule has 116 valence electrons. The summed E-state index contributed by atoms with van der Waals surface area (Å²) in [6, 6.07) is 7.56. The second kappa shape index (κ2) is 6.38. The van der Waals surface area contributed by atoms with Crippen LogP contribution >= 0.6 is 11.6 Å². The van der Waals surface area contributed by atoms with E-state index < -0.39 is 9.84 Å². The molecular weight excluding hydrogens is 310 g/mol. The minimum absolute atomic E-state index is 0.00531. The van der Waals surface area contributed by atoms with Gasteiger partial charge in [0.25, 0.3) is 0 Å². The van der Waals surface area contributed by atoms with Crippen LogP contribution in [0.2, 0.25) is 5.02 Å². The highest BCUT2D eigenvalue weighted by atomic mass is 35.5. The highest BCUT2D eigenvalue weighted by molar-refractivity contribution is 7.90. The Bertz CT molecular complexity index is 724. The molecule has 0 aliphatic carbocycles. The lowest BCUT2D eigenvalue weighted by atomic mass is 10.2. The van der Waals surface area contributed by atoms with Crippen molar-refractivity contribution in [2.24, 2.45) is 0 Å². The molecular formula is C15H20ClNO3S. The van der Waals surface area contributed by atoms with Crippen molar-refractivity contribution in [3.05, 3.63) is 35.0 Å². The Morgan fingerprint density at radius 1 is 1.29 bits per heavy atom. The molecule has 2 atom stereocenters. The molecule has 1 aromatic heterocycles. The van der Waals surface area contributed by atoms with Crippen LogP contribution in [0.5, 0.6) is 0 Å². The Morgan fingerprint density at radius 2 is 2.00 bits per heavy atom. The fraction of sp³-hybridized carbons (Fsp3) is 0.467. The van der Waals surface area contributed by atoms with E-state index in [0.717, 1.165) is 16.7 Å². The van der Waals surface area contributed by atoms with Crippen LogP contribution in [0, 0.1) is 0 Å². The Kier molecular flexibility index (Phi) is 4.96. The largest absolute Gasteiger partial charge is 0.459 e. The minimum atomic E-state index is -2.92. The van der Waals surface area contributed by atoms with Gasteiger partial charge in [0.2, 0.25) is 0 Å². The number of furan rings is 1. The molecule has 0 fully saturated rings. The maximum atomic E-state index is 11.2. The van der Waals surface area contributed by atoms with Crippen LogP contribution in [0.25, 0.3) is 11.0 Å². The topological polar surface area (TPSA) is 59.3 Å². The van der Waals surface area contributed by atoms with Gasteiger partial charge in [0.05, 0.1) is 11.8 Å². The summed E-state index contributed by atoms with van der Waals surface area (Å²) in [7, 11) is -2.92. The predicted molar refractivity (Wildman–Crippen MR) is 86.6 cm³/mol. The summed E-state index contributed by atoms with van der Waals surface area (Å²) in [5.41, 5.74) is 0.798. The predicted octanol–water partition coefficient (Wildman–Crippen LogP) is 3.56. The van der Waals surface area contributed by atoms with E-state index in [4.69, 9.17) is 16.0 Å². The molecule has 0 bridgehead atoms. The third-order valence-corrected chi connectivity index (χ3v) is 4.59. The normalized spacial score (nSPS) is 15.2. The van der Waals surface area contributed by atoms with Gasteiger partial charge in [-0.05, 0) is 44.5 Å². The molecule has 0 aliphatic heterocycles. The molecule has 1 N–H and O–H groups in total. The minimum Gasteiger partial charge on any atom is -0.459 e. The Hall–Kier alpha value is -1.04. The highest BCUT2D eigenvalue weighted by Gasteiger charge is 2.15. The standard InChI is InChI=1S/C15H20ClNO3S/c1-10(6-7-21(3,18)19)17-11(2)15-9-12-8-13(16)4-5-14(12)20-15/h4-5,8-11,17H,6-7H2,1-3H3/t10-,11+/m0/s1. The molecule has 0 unspecified atom stereocenters. The zero-order valence-corrected chi connectivity index (χ0v) is 14.0. The van der Waals surface area contributed by atoms with Gasteiger partial charge in [0, 0.05) is 22.7 Å². The Balaban J connectivity index is 2.02. The maximum Gasteiger partial charge on any atom is 0.147 e. The Morgan fingerprint density at radius 3 is 2.67 bits per heavy atom.